The van der Waals surface area contributed by atoms with Crippen LogP contribution >= 0.6 is 0 Å². The predicted molar refractivity (Wildman–Crippen MR) is 57.4 cm³/mol. The number of aromatic amines is 2. The molecule has 0 aliphatic carbocycles. The van der Waals surface area contributed by atoms with E-state index < -0.39 is 0 Å². The fraction of sp³-hybridized carbons (Fsp3) is 0. The molecule has 0 aromatic carbocycles. The van der Waals surface area contributed by atoms with Gasteiger partial charge in [0.1, 0.15) is 11.6 Å². The van der Waals surface area contributed by atoms with E-state index in [2.05, 4.69) is 33.1 Å². The predicted octanol–water partition coefficient (Wildman–Crippen LogP) is 2.11. The van der Waals surface area contributed by atoms with Gasteiger partial charge in [0, 0.05) is 24.8 Å². The number of hydrogen-bond donors (Lipinski definition) is 2. The Balaban J connectivity index is 0.000000140. The zero-order chi connectivity index (χ0) is 10.2. The second kappa shape index (κ2) is 5.53. The number of H-pyrrole nitrogens is 2. The number of nitrogens with zero attached hydrogens (tertiary/aromatic N) is 2. The largest absolute Gasteiger partial charge is 0.345 e. The van der Waals surface area contributed by atoms with Gasteiger partial charge in [-0.25, -0.2) is 9.97 Å². The maximum Gasteiger partial charge on any atom is 0.129 e. The lowest BCUT2D eigenvalue weighted by atomic mass is 10.6. The number of nitrogens with one attached hydrogen (secondary N) is 2. The SMILES string of the molecule is C=Cc1ncc[nH]1.C=Cc1ncc[nH]1. The topological polar surface area (TPSA) is 57.4 Å². The summed E-state index contributed by atoms with van der Waals surface area (Å²) in [5.41, 5.74) is 0. The van der Waals surface area contributed by atoms with Crippen LogP contribution in [-0.4, -0.2) is 19.9 Å². The third kappa shape index (κ3) is 3.10. The quantitative estimate of drug-likeness (QED) is 0.758. The molecule has 0 saturated heterocycles. The standard InChI is InChI=1S/2C5H6N2/c2*1-2-5-6-3-4-7-5/h2*2-4H,1H2,(H,6,7). The van der Waals surface area contributed by atoms with E-state index in [0.29, 0.717) is 0 Å². The number of imidazole rings is 2. The van der Waals surface area contributed by atoms with Gasteiger partial charge in [-0.1, -0.05) is 13.2 Å². The molecule has 2 N–H and O–H groups in total. The second-order valence-corrected chi connectivity index (χ2v) is 2.36. The Bertz CT molecular complexity index is 320. The van der Waals surface area contributed by atoms with Crippen molar-refractivity contribution < 1.29 is 0 Å². The molecule has 72 valence electrons. The van der Waals surface area contributed by atoms with Crippen LogP contribution < -0.4 is 0 Å². The molecule has 0 atom stereocenters. The Morgan fingerprint density at radius 3 is 1.50 bits per heavy atom. The van der Waals surface area contributed by atoms with Crippen LogP contribution in [0.2, 0.25) is 0 Å². The van der Waals surface area contributed by atoms with E-state index in [1.165, 1.54) is 0 Å². The normalized spacial score (nSPS) is 8.57. The molecule has 0 spiro atoms. The van der Waals surface area contributed by atoms with Crippen LogP contribution in [0.15, 0.2) is 37.9 Å². The molecule has 0 aliphatic heterocycles. The lowest BCUT2D eigenvalue weighted by molar-refractivity contribution is 1.27. The van der Waals surface area contributed by atoms with Crippen molar-refractivity contribution in [1.82, 2.24) is 19.9 Å². The molecule has 0 radical (unpaired) electrons. The van der Waals surface area contributed by atoms with Gasteiger partial charge >= 0.3 is 0 Å². The lowest BCUT2D eigenvalue weighted by Crippen LogP contribution is -1.67. The first kappa shape index (κ1) is 9.98. The molecule has 0 saturated carbocycles. The molecule has 0 amide bonds. The summed E-state index contributed by atoms with van der Waals surface area (Å²) in [7, 11) is 0. The van der Waals surface area contributed by atoms with Crippen LogP contribution in [0.5, 0.6) is 0 Å². The molecule has 0 aliphatic rings. The Labute approximate surface area is 82.4 Å². The highest BCUT2D eigenvalue weighted by molar-refractivity contribution is 5.35. The van der Waals surface area contributed by atoms with Gasteiger partial charge in [-0.15, -0.1) is 0 Å². The summed E-state index contributed by atoms with van der Waals surface area (Å²) in [6.45, 7) is 7.02. The van der Waals surface area contributed by atoms with E-state index >= 15 is 0 Å². The Kier molecular flexibility index (Phi) is 3.94. The van der Waals surface area contributed by atoms with Crippen LogP contribution in [0.25, 0.3) is 12.2 Å². The number of aromatic nitrogens is 4. The molecular weight excluding hydrogens is 176 g/mol. The van der Waals surface area contributed by atoms with Crippen LogP contribution in [-0.2, 0) is 0 Å². The monoisotopic (exact) mass is 188 g/mol. The average Bonchev–Trinajstić information content (AvgIpc) is 2.92. The van der Waals surface area contributed by atoms with Gasteiger partial charge in [0.2, 0.25) is 0 Å². The summed E-state index contributed by atoms with van der Waals surface area (Å²) in [6, 6.07) is 0. The summed E-state index contributed by atoms with van der Waals surface area (Å²) in [4.78, 5) is 13.4. The van der Waals surface area contributed by atoms with Crippen molar-refractivity contribution in [2.75, 3.05) is 0 Å². The van der Waals surface area contributed by atoms with Crippen molar-refractivity contribution in [3.63, 3.8) is 0 Å². The Morgan fingerprint density at radius 2 is 1.36 bits per heavy atom. The summed E-state index contributed by atoms with van der Waals surface area (Å²) >= 11 is 0. The van der Waals surface area contributed by atoms with E-state index in [1.807, 2.05) is 0 Å². The Morgan fingerprint density at radius 1 is 0.929 bits per heavy atom. The van der Waals surface area contributed by atoms with Gasteiger partial charge in [-0.3, -0.25) is 0 Å². The van der Waals surface area contributed by atoms with Crippen molar-refractivity contribution in [2.24, 2.45) is 0 Å². The van der Waals surface area contributed by atoms with Crippen molar-refractivity contribution in [1.29, 1.82) is 0 Å². The molecule has 0 fully saturated rings. The molecule has 2 rings (SSSR count). The highest BCUT2D eigenvalue weighted by Crippen LogP contribution is 1.86. The fourth-order valence-electron chi connectivity index (χ4n) is 0.778. The highest BCUT2D eigenvalue weighted by Gasteiger charge is 1.78. The number of hydrogen-bond acceptors (Lipinski definition) is 2. The zero-order valence-corrected chi connectivity index (χ0v) is 7.77. The first-order valence-electron chi connectivity index (χ1n) is 4.10. The third-order valence-electron chi connectivity index (χ3n) is 1.43. The summed E-state index contributed by atoms with van der Waals surface area (Å²) in [6.07, 6.45) is 10.2. The smallest absolute Gasteiger partial charge is 0.129 e. The van der Waals surface area contributed by atoms with Gasteiger partial charge in [-0.05, 0) is 12.2 Å². The van der Waals surface area contributed by atoms with Crippen LogP contribution in [0, 0.1) is 0 Å². The van der Waals surface area contributed by atoms with Gasteiger partial charge in [0.05, 0.1) is 0 Å². The van der Waals surface area contributed by atoms with E-state index in [9.17, 15) is 0 Å². The molecular formula is C10H12N4. The molecule has 0 unspecified atom stereocenters. The summed E-state index contributed by atoms with van der Waals surface area (Å²) in [5, 5.41) is 0. The number of rotatable bonds is 2. The fourth-order valence-corrected chi connectivity index (χ4v) is 0.778. The van der Waals surface area contributed by atoms with Gasteiger partial charge in [0.25, 0.3) is 0 Å². The maximum atomic E-state index is 3.86. The molecule has 0 bridgehead atoms. The first-order chi connectivity index (χ1) is 6.86. The molecule has 2 heterocycles. The van der Waals surface area contributed by atoms with E-state index in [0.717, 1.165) is 11.6 Å². The molecule has 2 aromatic heterocycles. The molecule has 4 nitrogen and oxygen atoms in total. The second-order valence-electron chi connectivity index (χ2n) is 2.36. The summed E-state index contributed by atoms with van der Waals surface area (Å²) < 4.78 is 0. The minimum atomic E-state index is 0.819. The van der Waals surface area contributed by atoms with Gasteiger partial charge in [-0.2, -0.15) is 0 Å². The van der Waals surface area contributed by atoms with Crippen molar-refractivity contribution >= 4 is 12.2 Å². The van der Waals surface area contributed by atoms with Crippen LogP contribution in [0.3, 0.4) is 0 Å². The minimum Gasteiger partial charge on any atom is -0.345 e. The highest BCUT2D eigenvalue weighted by atomic mass is 14.9. The van der Waals surface area contributed by atoms with Gasteiger partial charge in [0.15, 0.2) is 0 Å². The van der Waals surface area contributed by atoms with E-state index in [-0.39, 0.29) is 0 Å². The lowest BCUT2D eigenvalue weighted by Gasteiger charge is -1.73. The molecule has 4 heteroatoms. The average molecular weight is 188 g/mol. The third-order valence-corrected chi connectivity index (χ3v) is 1.43. The zero-order valence-electron chi connectivity index (χ0n) is 7.77. The van der Waals surface area contributed by atoms with Crippen molar-refractivity contribution in [2.45, 2.75) is 0 Å². The Hall–Kier alpha value is -2.10. The van der Waals surface area contributed by atoms with Gasteiger partial charge < -0.3 is 9.97 Å². The van der Waals surface area contributed by atoms with E-state index in [1.54, 1.807) is 36.9 Å². The van der Waals surface area contributed by atoms with Crippen LogP contribution in [0.4, 0.5) is 0 Å². The molecule has 14 heavy (non-hydrogen) atoms. The van der Waals surface area contributed by atoms with Crippen molar-refractivity contribution in [3.05, 3.63) is 49.6 Å². The summed E-state index contributed by atoms with van der Waals surface area (Å²) in [5.74, 6) is 1.64. The first-order valence-corrected chi connectivity index (χ1v) is 4.10. The van der Waals surface area contributed by atoms with Crippen molar-refractivity contribution in [3.8, 4) is 0 Å². The minimum absolute atomic E-state index is 0.819. The van der Waals surface area contributed by atoms with Crippen LogP contribution in [0.1, 0.15) is 11.6 Å². The maximum absolute atomic E-state index is 3.86. The molecule has 2 aromatic rings. The van der Waals surface area contributed by atoms with E-state index in [4.69, 9.17) is 0 Å².